The molecule has 0 saturated heterocycles. The summed E-state index contributed by atoms with van der Waals surface area (Å²) in [7, 11) is 0. The van der Waals surface area contributed by atoms with Gasteiger partial charge in [0.1, 0.15) is 6.61 Å². The maximum atomic E-state index is 4.51. The largest absolute Gasteiger partial charge is 0.237 e. The van der Waals surface area contributed by atoms with Crippen molar-refractivity contribution in [1.29, 1.82) is 0 Å². The molecule has 0 radical (unpaired) electrons. The van der Waals surface area contributed by atoms with Gasteiger partial charge in [-0.25, -0.2) is 9.78 Å². The first-order chi connectivity index (χ1) is 3.41. The maximum absolute atomic E-state index is 4.51. The third kappa shape index (κ3) is 5.66. The van der Waals surface area contributed by atoms with E-state index in [0.717, 1.165) is 0 Å². The minimum Gasteiger partial charge on any atom is -0.237 e. The van der Waals surface area contributed by atoms with E-state index in [2.05, 4.69) is 16.4 Å². The first kappa shape index (κ1) is 6.66. The summed E-state index contributed by atoms with van der Waals surface area (Å²) < 4.78 is 0. The Labute approximate surface area is 43.7 Å². The van der Waals surface area contributed by atoms with Gasteiger partial charge < -0.3 is 0 Å². The zero-order valence-corrected chi connectivity index (χ0v) is 4.52. The molecule has 0 N–H and O–H groups in total. The van der Waals surface area contributed by atoms with Crippen LogP contribution in [0, 0.1) is 0 Å². The van der Waals surface area contributed by atoms with Gasteiger partial charge in [0, 0.05) is 0 Å². The molecule has 2 heteroatoms. The van der Waals surface area contributed by atoms with Crippen LogP contribution in [0.15, 0.2) is 12.7 Å². The Bertz CT molecular complexity index is 43.3. The molecule has 0 aliphatic heterocycles. The lowest BCUT2D eigenvalue weighted by Crippen LogP contribution is -1.91. The van der Waals surface area contributed by atoms with Crippen molar-refractivity contribution in [3.05, 3.63) is 12.7 Å². The molecule has 0 aliphatic carbocycles. The highest BCUT2D eigenvalue weighted by molar-refractivity contribution is 4.62. The Morgan fingerprint density at radius 3 is 2.71 bits per heavy atom. The fourth-order valence-electron chi connectivity index (χ4n) is 0.180. The van der Waals surface area contributed by atoms with Gasteiger partial charge in [0.15, 0.2) is 0 Å². The number of hydrogen-bond donors (Lipinski definition) is 0. The molecule has 0 aromatic heterocycles. The normalized spacial score (nSPS) is 8.71. The standard InChI is InChI=1S/C5H10O2/c1-3-5-7-6-4-2/h3H,1,4-5H2,2H3. The van der Waals surface area contributed by atoms with Crippen LogP contribution in [0.25, 0.3) is 0 Å². The topological polar surface area (TPSA) is 18.5 Å². The maximum Gasteiger partial charge on any atom is 0.100 e. The molecular weight excluding hydrogens is 92.1 g/mol. The molecule has 0 atom stereocenters. The molecule has 0 saturated carbocycles. The van der Waals surface area contributed by atoms with E-state index in [-0.39, 0.29) is 0 Å². The average Bonchev–Trinajstić information content (AvgIpc) is 1.69. The van der Waals surface area contributed by atoms with Crippen molar-refractivity contribution in [2.75, 3.05) is 13.2 Å². The van der Waals surface area contributed by atoms with E-state index in [0.29, 0.717) is 13.2 Å². The van der Waals surface area contributed by atoms with Crippen LogP contribution in [0.2, 0.25) is 0 Å². The van der Waals surface area contributed by atoms with Crippen LogP contribution < -0.4 is 0 Å². The molecule has 2 nitrogen and oxygen atoms in total. The number of hydrogen-bond acceptors (Lipinski definition) is 2. The lowest BCUT2D eigenvalue weighted by atomic mass is 10.7. The highest BCUT2D eigenvalue weighted by atomic mass is 17.2. The minimum absolute atomic E-state index is 0.466. The molecule has 7 heavy (non-hydrogen) atoms. The second-order valence-corrected chi connectivity index (χ2v) is 0.980. The zero-order valence-electron chi connectivity index (χ0n) is 4.52. The average molecular weight is 102 g/mol. The van der Waals surface area contributed by atoms with Crippen LogP contribution in [-0.4, -0.2) is 13.2 Å². The van der Waals surface area contributed by atoms with Crippen LogP contribution in [0.1, 0.15) is 6.92 Å². The van der Waals surface area contributed by atoms with Crippen molar-refractivity contribution in [3.8, 4) is 0 Å². The van der Waals surface area contributed by atoms with Gasteiger partial charge in [-0.3, -0.25) is 0 Å². The summed E-state index contributed by atoms with van der Waals surface area (Å²) in [5.74, 6) is 0. The second-order valence-electron chi connectivity index (χ2n) is 0.980. The summed E-state index contributed by atoms with van der Waals surface area (Å²) in [5, 5.41) is 0. The van der Waals surface area contributed by atoms with Gasteiger partial charge in [0.2, 0.25) is 0 Å². The molecule has 0 aromatic carbocycles. The number of rotatable bonds is 4. The molecule has 0 heterocycles. The Morgan fingerprint density at radius 1 is 1.57 bits per heavy atom. The van der Waals surface area contributed by atoms with Crippen molar-refractivity contribution in [2.24, 2.45) is 0 Å². The molecule has 42 valence electrons. The molecule has 0 amide bonds. The lowest BCUT2D eigenvalue weighted by molar-refractivity contribution is -0.282. The van der Waals surface area contributed by atoms with E-state index in [9.17, 15) is 0 Å². The summed E-state index contributed by atoms with van der Waals surface area (Å²) >= 11 is 0. The van der Waals surface area contributed by atoms with Crippen molar-refractivity contribution >= 4 is 0 Å². The molecule has 0 unspecified atom stereocenters. The summed E-state index contributed by atoms with van der Waals surface area (Å²) in [6.07, 6.45) is 1.63. The molecule has 0 aromatic rings. The van der Waals surface area contributed by atoms with Crippen LogP contribution in [0.4, 0.5) is 0 Å². The molecule has 0 bridgehead atoms. The Hall–Kier alpha value is -0.340. The van der Waals surface area contributed by atoms with Crippen molar-refractivity contribution in [2.45, 2.75) is 6.92 Å². The Morgan fingerprint density at radius 2 is 2.29 bits per heavy atom. The van der Waals surface area contributed by atoms with Gasteiger partial charge in [-0.15, -0.1) is 6.58 Å². The summed E-state index contributed by atoms with van der Waals surface area (Å²) in [4.78, 5) is 9.02. The first-order valence-electron chi connectivity index (χ1n) is 2.27. The molecule has 0 fully saturated rings. The molecular formula is C5H10O2. The van der Waals surface area contributed by atoms with E-state index in [4.69, 9.17) is 0 Å². The van der Waals surface area contributed by atoms with E-state index >= 15 is 0 Å². The van der Waals surface area contributed by atoms with Gasteiger partial charge >= 0.3 is 0 Å². The zero-order chi connectivity index (χ0) is 5.54. The summed E-state index contributed by atoms with van der Waals surface area (Å²) in [5.41, 5.74) is 0. The van der Waals surface area contributed by atoms with Crippen LogP contribution in [0.3, 0.4) is 0 Å². The molecule has 0 aliphatic rings. The van der Waals surface area contributed by atoms with E-state index in [1.165, 1.54) is 0 Å². The van der Waals surface area contributed by atoms with E-state index in [1.54, 1.807) is 6.08 Å². The highest BCUT2D eigenvalue weighted by Crippen LogP contribution is 1.75. The highest BCUT2D eigenvalue weighted by Gasteiger charge is 1.74. The van der Waals surface area contributed by atoms with Crippen molar-refractivity contribution in [3.63, 3.8) is 0 Å². The predicted molar refractivity (Wildman–Crippen MR) is 27.8 cm³/mol. The second kappa shape index (κ2) is 5.66. The fourth-order valence-corrected chi connectivity index (χ4v) is 0.180. The third-order valence-electron chi connectivity index (χ3n) is 0.387. The summed E-state index contributed by atoms with van der Waals surface area (Å²) in [6, 6.07) is 0. The van der Waals surface area contributed by atoms with Crippen molar-refractivity contribution in [1.82, 2.24) is 0 Å². The molecule has 0 spiro atoms. The van der Waals surface area contributed by atoms with Crippen molar-refractivity contribution < 1.29 is 9.78 Å². The van der Waals surface area contributed by atoms with Gasteiger partial charge in [0.05, 0.1) is 6.61 Å². The van der Waals surface area contributed by atoms with Gasteiger partial charge in [-0.05, 0) is 6.92 Å². The van der Waals surface area contributed by atoms with Gasteiger partial charge in [-0.2, -0.15) is 0 Å². The Balaban J connectivity index is 2.56. The minimum atomic E-state index is 0.466. The predicted octanol–water partition coefficient (Wildman–Crippen LogP) is 1.14. The Kier molecular flexibility index (Phi) is 5.39. The first-order valence-corrected chi connectivity index (χ1v) is 2.27. The summed E-state index contributed by atoms with van der Waals surface area (Å²) in [6.45, 7) is 6.35. The van der Waals surface area contributed by atoms with Crippen LogP contribution in [0.5, 0.6) is 0 Å². The quantitative estimate of drug-likeness (QED) is 0.229. The SMILES string of the molecule is C=CCOOCC. The van der Waals surface area contributed by atoms with Gasteiger partial charge in [-0.1, -0.05) is 6.08 Å². The lowest BCUT2D eigenvalue weighted by Gasteiger charge is -1.93. The fraction of sp³-hybridized carbons (Fsp3) is 0.600. The van der Waals surface area contributed by atoms with Crippen LogP contribution >= 0.6 is 0 Å². The monoisotopic (exact) mass is 102 g/mol. The van der Waals surface area contributed by atoms with Gasteiger partial charge in [0.25, 0.3) is 0 Å². The van der Waals surface area contributed by atoms with E-state index in [1.807, 2.05) is 6.92 Å². The third-order valence-corrected chi connectivity index (χ3v) is 0.387. The van der Waals surface area contributed by atoms with E-state index < -0.39 is 0 Å². The van der Waals surface area contributed by atoms with Crippen LogP contribution in [-0.2, 0) is 9.78 Å². The molecule has 0 rings (SSSR count). The smallest absolute Gasteiger partial charge is 0.100 e.